The highest BCUT2D eigenvalue weighted by atomic mass is 16.5. The summed E-state index contributed by atoms with van der Waals surface area (Å²) >= 11 is 0. The van der Waals surface area contributed by atoms with Gasteiger partial charge in [-0.3, -0.25) is 14.0 Å². The lowest BCUT2D eigenvalue weighted by atomic mass is 10.0. The molecule has 0 aliphatic rings. The Hall–Kier alpha value is -4.20. The molecule has 8 heteroatoms. The van der Waals surface area contributed by atoms with Gasteiger partial charge in [0.15, 0.2) is 5.65 Å². The molecule has 3 aromatic heterocycles. The van der Waals surface area contributed by atoms with Crippen LogP contribution in [-0.4, -0.2) is 36.0 Å². The molecule has 1 N–H and O–H groups in total. The van der Waals surface area contributed by atoms with Gasteiger partial charge in [-0.1, -0.05) is 6.07 Å². The van der Waals surface area contributed by atoms with Crippen LogP contribution in [-0.2, 0) is 7.05 Å². The van der Waals surface area contributed by atoms with Crippen LogP contribution in [0.1, 0.15) is 6.92 Å². The Bertz CT molecular complexity index is 1490. The number of nitrogens with zero attached hydrogens (tertiary/aromatic N) is 5. The first kappa shape index (κ1) is 18.8. The largest absolute Gasteiger partial charge is 0.508 e. The first-order valence-corrected chi connectivity index (χ1v) is 9.82. The third-order valence-electron chi connectivity index (χ3n) is 5.02. The van der Waals surface area contributed by atoms with Crippen molar-refractivity contribution in [3.8, 4) is 28.4 Å². The zero-order valence-electron chi connectivity index (χ0n) is 17.0. The second-order valence-electron chi connectivity index (χ2n) is 7.14. The zero-order valence-corrected chi connectivity index (χ0v) is 17.0. The number of ether oxygens (including phenoxy) is 1. The highest BCUT2D eigenvalue weighted by Crippen LogP contribution is 2.26. The monoisotopic (exact) mass is 413 g/mol. The molecule has 31 heavy (non-hydrogen) atoms. The van der Waals surface area contributed by atoms with Gasteiger partial charge in [-0.05, 0) is 55.0 Å². The molecule has 2 aromatic carbocycles. The van der Waals surface area contributed by atoms with E-state index in [0.29, 0.717) is 34.9 Å². The molecule has 5 rings (SSSR count). The Labute approximate surface area is 177 Å². The predicted octanol–water partition coefficient (Wildman–Crippen LogP) is 3.44. The van der Waals surface area contributed by atoms with Crippen LogP contribution in [0.2, 0.25) is 0 Å². The smallest absolute Gasteiger partial charge is 0.264 e. The quantitative estimate of drug-likeness (QED) is 0.485. The highest BCUT2D eigenvalue weighted by Gasteiger charge is 2.16. The van der Waals surface area contributed by atoms with Crippen LogP contribution in [0.4, 0.5) is 0 Å². The van der Waals surface area contributed by atoms with Gasteiger partial charge < -0.3 is 9.84 Å². The van der Waals surface area contributed by atoms with Gasteiger partial charge in [0.2, 0.25) is 5.88 Å². The van der Waals surface area contributed by atoms with E-state index in [1.807, 2.05) is 38.4 Å². The van der Waals surface area contributed by atoms with E-state index in [0.717, 1.165) is 16.5 Å². The fourth-order valence-corrected chi connectivity index (χ4v) is 3.64. The summed E-state index contributed by atoms with van der Waals surface area (Å²) in [7, 11) is 1.86. The van der Waals surface area contributed by atoms with Crippen LogP contribution in [0, 0.1) is 0 Å². The number of benzene rings is 2. The summed E-state index contributed by atoms with van der Waals surface area (Å²) in [6, 6.07) is 13.8. The second kappa shape index (κ2) is 7.24. The Kier molecular flexibility index (Phi) is 4.39. The number of fused-ring (bicyclic) bond motifs is 2. The third kappa shape index (κ3) is 3.28. The van der Waals surface area contributed by atoms with Gasteiger partial charge in [0.05, 0.1) is 24.0 Å². The van der Waals surface area contributed by atoms with Crippen LogP contribution in [0.15, 0.2) is 65.7 Å². The molecule has 0 aliphatic carbocycles. The van der Waals surface area contributed by atoms with Crippen molar-refractivity contribution in [2.45, 2.75) is 6.92 Å². The van der Waals surface area contributed by atoms with Crippen molar-refractivity contribution in [1.29, 1.82) is 0 Å². The molecule has 0 aliphatic heterocycles. The maximum atomic E-state index is 13.7. The number of rotatable bonds is 4. The Morgan fingerprint density at radius 3 is 2.65 bits per heavy atom. The van der Waals surface area contributed by atoms with Crippen molar-refractivity contribution in [2.75, 3.05) is 6.61 Å². The molecular formula is C23H19N5O3. The van der Waals surface area contributed by atoms with Crippen molar-refractivity contribution >= 4 is 22.1 Å². The molecule has 0 unspecified atom stereocenters. The molecule has 0 amide bonds. The lowest BCUT2D eigenvalue weighted by Crippen LogP contribution is -2.21. The summed E-state index contributed by atoms with van der Waals surface area (Å²) in [5, 5.41) is 15.0. The first-order chi connectivity index (χ1) is 15.0. The Balaban J connectivity index is 1.81. The Morgan fingerprint density at radius 1 is 1.06 bits per heavy atom. The van der Waals surface area contributed by atoms with Gasteiger partial charge >= 0.3 is 0 Å². The fraction of sp³-hybridized carbons (Fsp3) is 0.130. The van der Waals surface area contributed by atoms with E-state index in [4.69, 9.17) is 4.74 Å². The van der Waals surface area contributed by atoms with Crippen molar-refractivity contribution in [3.63, 3.8) is 0 Å². The standard InChI is InChI=1S/C23H19N5O3/c1-3-31-21-12-24-20-11-18(14-4-9-19-15(10-14)13-27(2)26-19)23(30)28(22(20)25-21)16-5-7-17(29)8-6-16/h4-13,29H,3H2,1-2H3. The number of aromatic nitrogens is 5. The minimum absolute atomic E-state index is 0.111. The second-order valence-corrected chi connectivity index (χ2v) is 7.14. The summed E-state index contributed by atoms with van der Waals surface area (Å²) in [5.74, 6) is 0.451. The first-order valence-electron chi connectivity index (χ1n) is 9.82. The summed E-state index contributed by atoms with van der Waals surface area (Å²) in [5.41, 5.74) is 3.36. The van der Waals surface area contributed by atoms with Crippen LogP contribution >= 0.6 is 0 Å². The van der Waals surface area contributed by atoms with E-state index >= 15 is 0 Å². The minimum Gasteiger partial charge on any atom is -0.508 e. The molecule has 5 aromatic rings. The summed E-state index contributed by atoms with van der Waals surface area (Å²) in [4.78, 5) is 22.6. The van der Waals surface area contributed by atoms with Crippen LogP contribution in [0.5, 0.6) is 11.6 Å². The summed E-state index contributed by atoms with van der Waals surface area (Å²) in [6.45, 7) is 2.30. The lowest BCUT2D eigenvalue weighted by Gasteiger charge is -2.13. The van der Waals surface area contributed by atoms with Crippen LogP contribution in [0.3, 0.4) is 0 Å². The molecule has 154 valence electrons. The molecule has 8 nitrogen and oxygen atoms in total. The van der Waals surface area contributed by atoms with E-state index in [1.54, 1.807) is 29.1 Å². The van der Waals surface area contributed by atoms with Gasteiger partial charge in [0, 0.05) is 24.2 Å². The summed E-state index contributed by atoms with van der Waals surface area (Å²) in [6.07, 6.45) is 3.46. The SMILES string of the molecule is CCOc1cnc2cc(-c3ccc4nn(C)cc4c3)c(=O)n(-c3ccc(O)cc3)c2n1. The normalized spacial score (nSPS) is 11.3. The van der Waals surface area contributed by atoms with Crippen molar-refractivity contribution < 1.29 is 9.84 Å². The maximum absolute atomic E-state index is 13.7. The van der Waals surface area contributed by atoms with E-state index in [1.165, 1.54) is 16.7 Å². The number of phenols is 1. The van der Waals surface area contributed by atoms with Crippen LogP contribution in [0.25, 0.3) is 38.9 Å². The average Bonchev–Trinajstić information content (AvgIpc) is 3.14. The van der Waals surface area contributed by atoms with Crippen molar-refractivity contribution in [3.05, 3.63) is 71.3 Å². The lowest BCUT2D eigenvalue weighted by molar-refractivity contribution is 0.326. The van der Waals surface area contributed by atoms with Gasteiger partial charge in [-0.15, -0.1) is 0 Å². The number of pyridine rings is 1. The Morgan fingerprint density at radius 2 is 1.87 bits per heavy atom. The third-order valence-corrected chi connectivity index (χ3v) is 5.02. The van der Waals surface area contributed by atoms with E-state index < -0.39 is 0 Å². The molecule has 0 radical (unpaired) electrons. The molecular weight excluding hydrogens is 394 g/mol. The molecule has 0 saturated heterocycles. The molecule has 0 fully saturated rings. The van der Waals surface area contributed by atoms with Gasteiger partial charge in [0.1, 0.15) is 11.3 Å². The topological polar surface area (TPSA) is 95.1 Å². The summed E-state index contributed by atoms with van der Waals surface area (Å²) < 4.78 is 8.72. The molecule has 3 heterocycles. The van der Waals surface area contributed by atoms with Gasteiger partial charge in [0.25, 0.3) is 5.56 Å². The zero-order chi connectivity index (χ0) is 21.5. The molecule has 0 saturated carbocycles. The number of aromatic hydroxyl groups is 1. The fourth-order valence-electron chi connectivity index (χ4n) is 3.64. The highest BCUT2D eigenvalue weighted by molar-refractivity contribution is 5.86. The number of aryl methyl sites for hydroxylation is 1. The average molecular weight is 413 g/mol. The van der Waals surface area contributed by atoms with Crippen LogP contribution < -0.4 is 10.3 Å². The molecule has 0 bridgehead atoms. The number of hydrogen-bond acceptors (Lipinski definition) is 6. The predicted molar refractivity (Wildman–Crippen MR) is 118 cm³/mol. The van der Waals surface area contributed by atoms with Gasteiger partial charge in [-0.25, -0.2) is 4.98 Å². The van der Waals surface area contributed by atoms with Crippen molar-refractivity contribution in [1.82, 2.24) is 24.3 Å². The molecule has 0 atom stereocenters. The van der Waals surface area contributed by atoms with E-state index in [2.05, 4.69) is 15.1 Å². The van der Waals surface area contributed by atoms with Crippen molar-refractivity contribution in [2.24, 2.45) is 7.05 Å². The van der Waals surface area contributed by atoms with E-state index in [-0.39, 0.29) is 11.3 Å². The minimum atomic E-state index is -0.246. The number of phenolic OH excluding ortho intramolecular Hbond substituents is 1. The molecule has 0 spiro atoms. The van der Waals surface area contributed by atoms with Gasteiger partial charge in [-0.2, -0.15) is 10.1 Å². The number of hydrogen-bond donors (Lipinski definition) is 1. The maximum Gasteiger partial charge on any atom is 0.264 e. The van der Waals surface area contributed by atoms with E-state index in [9.17, 15) is 9.90 Å².